The molecule has 1 aliphatic heterocycles. The lowest BCUT2D eigenvalue weighted by molar-refractivity contribution is -0.135. The third-order valence-electron chi connectivity index (χ3n) is 7.03. The Kier molecular flexibility index (Phi) is 7.25. The van der Waals surface area contributed by atoms with Gasteiger partial charge in [-0.15, -0.1) is 11.3 Å². The Hall–Kier alpha value is -3.03. The van der Waals surface area contributed by atoms with Crippen molar-refractivity contribution in [2.24, 2.45) is 0 Å². The number of hydrogen-bond donors (Lipinski definition) is 1. The third-order valence-corrected chi connectivity index (χ3v) is 8.08. The summed E-state index contributed by atoms with van der Waals surface area (Å²) in [6, 6.07) is 18.1. The van der Waals surface area contributed by atoms with Crippen molar-refractivity contribution in [1.82, 2.24) is 14.8 Å². The molecule has 182 valence electrons. The van der Waals surface area contributed by atoms with Gasteiger partial charge in [0.15, 0.2) is 5.13 Å². The van der Waals surface area contributed by atoms with Crippen LogP contribution in [0.1, 0.15) is 50.8 Å². The van der Waals surface area contributed by atoms with Crippen LogP contribution in [0.15, 0.2) is 54.6 Å². The van der Waals surface area contributed by atoms with Crippen molar-refractivity contribution in [3.8, 4) is 0 Å². The third kappa shape index (κ3) is 5.63. The van der Waals surface area contributed by atoms with Crippen LogP contribution in [0.4, 0.5) is 5.13 Å². The number of nitrogens with zero attached hydrogens (tertiary/aromatic N) is 3. The predicted molar refractivity (Wildman–Crippen MR) is 140 cm³/mol. The zero-order valence-electron chi connectivity index (χ0n) is 20.2. The zero-order chi connectivity index (χ0) is 24.2. The van der Waals surface area contributed by atoms with Crippen LogP contribution in [-0.4, -0.2) is 59.3 Å². The molecule has 0 spiro atoms. The molecule has 7 heteroatoms. The number of aromatic nitrogens is 1. The number of carbonyl (C=O) groups excluding carboxylic acids is 2. The number of hydrogen-bond acceptors (Lipinski definition) is 5. The Morgan fingerprint density at radius 1 is 1.03 bits per heavy atom. The van der Waals surface area contributed by atoms with Crippen LogP contribution >= 0.6 is 11.3 Å². The van der Waals surface area contributed by atoms with Gasteiger partial charge < -0.3 is 4.90 Å². The first-order valence-corrected chi connectivity index (χ1v) is 13.3. The Morgan fingerprint density at radius 2 is 1.77 bits per heavy atom. The van der Waals surface area contributed by atoms with E-state index in [4.69, 9.17) is 4.98 Å². The lowest BCUT2D eigenvalue weighted by atomic mass is 9.89. The van der Waals surface area contributed by atoms with E-state index in [0.29, 0.717) is 10.7 Å². The summed E-state index contributed by atoms with van der Waals surface area (Å²) in [6.45, 7) is 6.37. The average molecular weight is 489 g/mol. The van der Waals surface area contributed by atoms with Crippen LogP contribution in [-0.2, 0) is 17.6 Å². The minimum atomic E-state index is -0.198. The molecule has 2 amide bonds. The van der Waals surface area contributed by atoms with Gasteiger partial charge >= 0.3 is 0 Å². The van der Waals surface area contributed by atoms with Crippen molar-refractivity contribution in [2.75, 3.05) is 38.0 Å². The first-order valence-electron chi connectivity index (χ1n) is 12.5. The number of nitrogens with one attached hydrogen (secondary N) is 1. The first-order chi connectivity index (χ1) is 17.1. The number of benzene rings is 2. The predicted octanol–water partition coefficient (Wildman–Crippen LogP) is 4.51. The Bertz CT molecular complexity index is 1170. The monoisotopic (exact) mass is 488 g/mol. The summed E-state index contributed by atoms with van der Waals surface area (Å²) >= 11 is 1.51. The van der Waals surface area contributed by atoms with E-state index in [1.807, 2.05) is 42.2 Å². The van der Waals surface area contributed by atoms with Crippen molar-refractivity contribution in [1.29, 1.82) is 0 Å². The SMILES string of the molecule is Cc1ccc(C(=O)Nc2nc3c(s2)CCCC3C(=O)N2CCN(CCc3ccccc3)CC2)cc1. The number of amides is 2. The van der Waals surface area contributed by atoms with Gasteiger partial charge in [-0.2, -0.15) is 0 Å². The first kappa shape index (κ1) is 23.7. The maximum Gasteiger partial charge on any atom is 0.257 e. The molecular weight excluding hydrogens is 456 g/mol. The molecule has 2 aliphatic rings. The quantitative estimate of drug-likeness (QED) is 0.555. The molecule has 2 heterocycles. The second-order valence-electron chi connectivity index (χ2n) is 9.49. The molecule has 0 saturated carbocycles. The molecule has 1 N–H and O–H groups in total. The molecule has 35 heavy (non-hydrogen) atoms. The highest BCUT2D eigenvalue weighted by Gasteiger charge is 2.34. The Morgan fingerprint density at radius 3 is 2.51 bits per heavy atom. The number of carbonyl (C=O) groups is 2. The molecule has 5 rings (SSSR count). The van der Waals surface area contributed by atoms with Crippen molar-refractivity contribution in [3.63, 3.8) is 0 Å². The van der Waals surface area contributed by atoms with Crippen LogP contribution < -0.4 is 5.32 Å². The fourth-order valence-electron chi connectivity index (χ4n) is 4.93. The molecule has 1 atom stereocenters. The molecular formula is C28H32N4O2S. The van der Waals surface area contributed by atoms with Gasteiger partial charge in [-0.1, -0.05) is 48.0 Å². The molecule has 0 radical (unpaired) electrons. The average Bonchev–Trinajstić information content (AvgIpc) is 3.31. The van der Waals surface area contributed by atoms with E-state index < -0.39 is 0 Å². The summed E-state index contributed by atoms with van der Waals surface area (Å²) in [6.07, 6.45) is 3.77. The van der Waals surface area contributed by atoms with E-state index in [0.717, 1.165) is 74.5 Å². The fourth-order valence-corrected chi connectivity index (χ4v) is 5.99. The van der Waals surface area contributed by atoms with E-state index in [-0.39, 0.29) is 17.7 Å². The molecule has 1 aromatic heterocycles. The van der Waals surface area contributed by atoms with E-state index in [2.05, 4.69) is 34.5 Å². The van der Waals surface area contributed by atoms with Crippen LogP contribution in [0.25, 0.3) is 0 Å². The summed E-state index contributed by atoms with van der Waals surface area (Å²) in [5.41, 5.74) is 3.96. The normalized spacial score (nSPS) is 18.2. The van der Waals surface area contributed by atoms with Crippen molar-refractivity contribution < 1.29 is 9.59 Å². The van der Waals surface area contributed by atoms with E-state index in [1.54, 1.807) is 0 Å². The summed E-state index contributed by atoms with van der Waals surface area (Å²) in [5.74, 6) is -0.170. The molecule has 1 unspecified atom stereocenters. The minimum Gasteiger partial charge on any atom is -0.340 e. The van der Waals surface area contributed by atoms with Gasteiger partial charge in [0, 0.05) is 43.2 Å². The van der Waals surface area contributed by atoms with Crippen LogP contribution in [0.5, 0.6) is 0 Å². The van der Waals surface area contributed by atoms with Crippen molar-refractivity contribution >= 4 is 28.3 Å². The lowest BCUT2D eigenvalue weighted by Gasteiger charge is -2.37. The van der Waals surface area contributed by atoms with Gasteiger partial charge in [0.2, 0.25) is 5.91 Å². The summed E-state index contributed by atoms with van der Waals surface area (Å²) in [5, 5.41) is 3.53. The second-order valence-corrected chi connectivity index (χ2v) is 10.6. The zero-order valence-corrected chi connectivity index (χ0v) is 21.0. The highest BCUT2D eigenvalue weighted by Crippen LogP contribution is 2.38. The van der Waals surface area contributed by atoms with Gasteiger partial charge in [-0.3, -0.25) is 19.8 Å². The Labute approximate surface area is 211 Å². The minimum absolute atomic E-state index is 0.161. The summed E-state index contributed by atoms with van der Waals surface area (Å²) in [4.78, 5) is 36.5. The molecule has 3 aromatic rings. The highest BCUT2D eigenvalue weighted by atomic mass is 32.1. The Balaban J connectivity index is 1.18. The van der Waals surface area contributed by atoms with Crippen LogP contribution in [0.2, 0.25) is 0 Å². The molecule has 2 aromatic carbocycles. The molecule has 0 bridgehead atoms. The van der Waals surface area contributed by atoms with Gasteiger partial charge in [-0.05, 0) is 50.3 Å². The molecule has 6 nitrogen and oxygen atoms in total. The molecule has 1 fully saturated rings. The maximum atomic E-state index is 13.5. The van der Waals surface area contributed by atoms with E-state index >= 15 is 0 Å². The summed E-state index contributed by atoms with van der Waals surface area (Å²) < 4.78 is 0. The van der Waals surface area contributed by atoms with E-state index in [9.17, 15) is 9.59 Å². The van der Waals surface area contributed by atoms with Gasteiger partial charge in [0.25, 0.3) is 5.91 Å². The number of rotatable bonds is 6. The highest BCUT2D eigenvalue weighted by molar-refractivity contribution is 7.16. The second kappa shape index (κ2) is 10.7. The van der Waals surface area contributed by atoms with Gasteiger partial charge in [-0.25, -0.2) is 4.98 Å². The van der Waals surface area contributed by atoms with Crippen molar-refractivity contribution in [3.05, 3.63) is 81.9 Å². The standard InChI is InChI=1S/C28H32N4O2S/c1-20-10-12-22(13-11-20)26(33)30-28-29-25-23(8-5-9-24(25)35-28)27(34)32-18-16-31(17-19-32)15-14-21-6-3-2-4-7-21/h2-4,6-7,10-13,23H,5,8-9,14-19H2,1H3,(H,29,30,33). The van der Waals surface area contributed by atoms with Crippen LogP contribution in [0.3, 0.4) is 0 Å². The van der Waals surface area contributed by atoms with E-state index in [1.165, 1.54) is 16.9 Å². The smallest absolute Gasteiger partial charge is 0.257 e. The maximum absolute atomic E-state index is 13.5. The molecule has 1 saturated heterocycles. The molecule has 1 aliphatic carbocycles. The fraction of sp³-hybridized carbons (Fsp3) is 0.393. The largest absolute Gasteiger partial charge is 0.340 e. The topological polar surface area (TPSA) is 65.5 Å². The number of anilines is 1. The number of fused-ring (bicyclic) bond motifs is 1. The lowest BCUT2D eigenvalue weighted by Crippen LogP contribution is -2.50. The number of piperazine rings is 1. The van der Waals surface area contributed by atoms with Gasteiger partial charge in [0.1, 0.15) is 0 Å². The van der Waals surface area contributed by atoms with Crippen molar-refractivity contribution in [2.45, 2.75) is 38.5 Å². The van der Waals surface area contributed by atoms with Gasteiger partial charge in [0.05, 0.1) is 11.6 Å². The number of aryl methyl sites for hydroxylation is 2. The number of thiazole rings is 1. The summed E-state index contributed by atoms with van der Waals surface area (Å²) in [7, 11) is 0. The van der Waals surface area contributed by atoms with Crippen LogP contribution in [0, 0.1) is 6.92 Å².